The zero-order chi connectivity index (χ0) is 19.6. The molecule has 0 radical (unpaired) electrons. The Bertz CT molecular complexity index is 903. The van der Waals surface area contributed by atoms with Gasteiger partial charge in [0.1, 0.15) is 0 Å². The minimum absolute atomic E-state index is 0.0420. The fraction of sp³-hybridized carbons (Fsp3) is 0.381. The average molecular weight is 387 g/mol. The van der Waals surface area contributed by atoms with E-state index in [9.17, 15) is 13.2 Å². The molecular formula is C21H26N2O3S. The highest BCUT2D eigenvalue weighted by molar-refractivity contribution is 7.91. The van der Waals surface area contributed by atoms with E-state index in [0.717, 1.165) is 16.8 Å². The Hall–Kier alpha value is -2.34. The number of aryl methyl sites for hydroxylation is 1. The van der Waals surface area contributed by atoms with Crippen molar-refractivity contribution in [2.75, 3.05) is 30.5 Å². The lowest BCUT2D eigenvalue weighted by molar-refractivity contribution is 0.0681. The molecule has 0 bridgehead atoms. The van der Waals surface area contributed by atoms with Gasteiger partial charge in [-0.3, -0.25) is 4.79 Å². The van der Waals surface area contributed by atoms with E-state index in [1.807, 2.05) is 74.4 Å². The van der Waals surface area contributed by atoms with Crippen LogP contribution in [-0.4, -0.2) is 50.9 Å². The molecular weight excluding hydrogens is 360 g/mol. The van der Waals surface area contributed by atoms with Gasteiger partial charge < -0.3 is 9.80 Å². The van der Waals surface area contributed by atoms with E-state index in [-0.39, 0.29) is 23.5 Å². The molecule has 1 aliphatic rings. The van der Waals surface area contributed by atoms with Crippen molar-refractivity contribution in [3.63, 3.8) is 0 Å². The lowest BCUT2D eigenvalue weighted by atomic mass is 10.1. The van der Waals surface area contributed by atoms with Crippen LogP contribution in [0.2, 0.25) is 0 Å². The van der Waals surface area contributed by atoms with E-state index >= 15 is 0 Å². The van der Waals surface area contributed by atoms with E-state index in [1.165, 1.54) is 0 Å². The maximum atomic E-state index is 13.2. The monoisotopic (exact) mass is 386 g/mol. The molecule has 0 saturated carbocycles. The van der Waals surface area contributed by atoms with Gasteiger partial charge in [0.15, 0.2) is 9.84 Å². The van der Waals surface area contributed by atoms with Gasteiger partial charge in [-0.15, -0.1) is 0 Å². The topological polar surface area (TPSA) is 57.7 Å². The van der Waals surface area contributed by atoms with E-state index in [1.54, 1.807) is 4.90 Å². The van der Waals surface area contributed by atoms with Crippen LogP contribution < -0.4 is 4.90 Å². The van der Waals surface area contributed by atoms with Crippen molar-refractivity contribution in [1.29, 1.82) is 0 Å². The third kappa shape index (κ3) is 4.69. The number of amides is 1. The van der Waals surface area contributed by atoms with Gasteiger partial charge in [0.05, 0.1) is 11.5 Å². The van der Waals surface area contributed by atoms with E-state index in [4.69, 9.17) is 0 Å². The first-order valence-corrected chi connectivity index (χ1v) is 10.9. The number of carbonyl (C=O) groups is 1. The summed E-state index contributed by atoms with van der Waals surface area (Å²) in [5, 5.41) is 0. The number of nitrogens with zero attached hydrogens (tertiary/aromatic N) is 2. The van der Waals surface area contributed by atoms with Gasteiger partial charge in [0.2, 0.25) is 0 Å². The predicted molar refractivity (Wildman–Crippen MR) is 109 cm³/mol. The molecule has 0 N–H and O–H groups in total. The number of benzene rings is 2. The van der Waals surface area contributed by atoms with Crippen LogP contribution in [0.15, 0.2) is 48.5 Å². The highest BCUT2D eigenvalue weighted by atomic mass is 32.2. The SMILES string of the molecule is Cc1ccc(C(=O)N(Cc2ccc(N(C)C)cc2)[C@H]2CCS(=O)(=O)C2)cc1. The molecule has 144 valence electrons. The zero-order valence-corrected chi connectivity index (χ0v) is 16.9. The third-order valence-electron chi connectivity index (χ3n) is 5.01. The highest BCUT2D eigenvalue weighted by Crippen LogP contribution is 2.23. The molecule has 3 rings (SSSR count). The van der Waals surface area contributed by atoms with Gasteiger partial charge >= 0.3 is 0 Å². The number of hydrogen-bond acceptors (Lipinski definition) is 4. The average Bonchev–Trinajstić information content (AvgIpc) is 2.99. The van der Waals surface area contributed by atoms with Gasteiger partial charge in [-0.25, -0.2) is 8.42 Å². The van der Waals surface area contributed by atoms with Crippen molar-refractivity contribution in [3.05, 3.63) is 65.2 Å². The molecule has 0 aromatic heterocycles. The lowest BCUT2D eigenvalue weighted by Gasteiger charge is -2.29. The fourth-order valence-corrected chi connectivity index (χ4v) is 5.08. The molecule has 2 aromatic carbocycles. The quantitative estimate of drug-likeness (QED) is 0.793. The number of rotatable bonds is 5. The zero-order valence-electron chi connectivity index (χ0n) is 16.1. The van der Waals surface area contributed by atoms with Gasteiger partial charge in [-0.2, -0.15) is 0 Å². The summed E-state index contributed by atoms with van der Waals surface area (Å²) in [7, 11) is 0.882. The number of anilines is 1. The van der Waals surface area contributed by atoms with Crippen LogP contribution in [-0.2, 0) is 16.4 Å². The first-order chi connectivity index (χ1) is 12.7. The third-order valence-corrected chi connectivity index (χ3v) is 6.76. The van der Waals surface area contributed by atoms with Crippen LogP contribution >= 0.6 is 0 Å². The Morgan fingerprint density at radius 2 is 1.67 bits per heavy atom. The fourth-order valence-electron chi connectivity index (χ4n) is 3.35. The second-order valence-corrected chi connectivity index (χ2v) is 9.65. The van der Waals surface area contributed by atoms with Crippen LogP contribution in [0, 0.1) is 6.92 Å². The Balaban J connectivity index is 1.87. The van der Waals surface area contributed by atoms with Crippen LogP contribution in [0.4, 0.5) is 5.69 Å². The normalized spacial score (nSPS) is 18.3. The minimum atomic E-state index is -3.07. The molecule has 1 saturated heterocycles. The summed E-state index contributed by atoms with van der Waals surface area (Å²) >= 11 is 0. The number of sulfone groups is 1. The summed E-state index contributed by atoms with van der Waals surface area (Å²) in [6, 6.07) is 15.2. The second-order valence-electron chi connectivity index (χ2n) is 7.42. The molecule has 2 aromatic rings. The standard InChI is InChI=1S/C21H26N2O3S/c1-16-4-8-18(9-5-16)21(24)23(20-12-13-27(25,26)15-20)14-17-6-10-19(11-7-17)22(2)3/h4-11,20H,12-15H2,1-3H3/t20-/m0/s1. The maximum Gasteiger partial charge on any atom is 0.254 e. The Morgan fingerprint density at radius 1 is 1.04 bits per heavy atom. The molecule has 1 fully saturated rings. The van der Waals surface area contributed by atoms with Crippen molar-refractivity contribution in [2.24, 2.45) is 0 Å². The smallest absolute Gasteiger partial charge is 0.254 e. The minimum Gasteiger partial charge on any atom is -0.378 e. The Kier molecular flexibility index (Phi) is 5.56. The predicted octanol–water partition coefficient (Wildman–Crippen LogP) is 2.89. The van der Waals surface area contributed by atoms with Gasteiger partial charge in [0, 0.05) is 37.9 Å². The van der Waals surface area contributed by atoms with Crippen molar-refractivity contribution in [1.82, 2.24) is 4.90 Å². The van der Waals surface area contributed by atoms with Gasteiger partial charge in [-0.05, 0) is 43.2 Å². The largest absolute Gasteiger partial charge is 0.378 e. The first kappa shape index (κ1) is 19.4. The summed E-state index contributed by atoms with van der Waals surface area (Å²) in [6.45, 7) is 2.38. The van der Waals surface area contributed by atoms with Crippen molar-refractivity contribution in [3.8, 4) is 0 Å². The summed E-state index contributed by atoms with van der Waals surface area (Å²) in [6.07, 6.45) is 0.496. The molecule has 0 spiro atoms. The van der Waals surface area contributed by atoms with Crippen molar-refractivity contribution >= 4 is 21.4 Å². The lowest BCUT2D eigenvalue weighted by Crippen LogP contribution is -2.40. The number of carbonyl (C=O) groups excluding carboxylic acids is 1. The molecule has 0 aliphatic carbocycles. The molecule has 1 aliphatic heterocycles. The van der Waals surface area contributed by atoms with Crippen LogP contribution in [0.5, 0.6) is 0 Å². The van der Waals surface area contributed by atoms with Gasteiger partial charge in [0.25, 0.3) is 5.91 Å². The van der Waals surface area contributed by atoms with Crippen LogP contribution in [0.3, 0.4) is 0 Å². The molecule has 6 heteroatoms. The van der Waals surface area contributed by atoms with Crippen molar-refractivity contribution < 1.29 is 13.2 Å². The van der Waals surface area contributed by atoms with E-state index < -0.39 is 9.84 Å². The number of hydrogen-bond donors (Lipinski definition) is 0. The molecule has 27 heavy (non-hydrogen) atoms. The first-order valence-electron chi connectivity index (χ1n) is 9.09. The van der Waals surface area contributed by atoms with Gasteiger partial charge in [-0.1, -0.05) is 29.8 Å². The molecule has 0 unspecified atom stereocenters. The van der Waals surface area contributed by atoms with Crippen LogP contribution in [0.25, 0.3) is 0 Å². The Morgan fingerprint density at radius 3 is 2.19 bits per heavy atom. The molecule has 1 atom stereocenters. The van der Waals surface area contributed by atoms with Crippen molar-refractivity contribution in [2.45, 2.75) is 25.9 Å². The molecule has 5 nitrogen and oxygen atoms in total. The van der Waals surface area contributed by atoms with E-state index in [0.29, 0.717) is 18.5 Å². The second kappa shape index (κ2) is 7.72. The highest BCUT2D eigenvalue weighted by Gasteiger charge is 2.35. The summed E-state index contributed by atoms with van der Waals surface area (Å²) in [5.41, 5.74) is 3.75. The summed E-state index contributed by atoms with van der Waals surface area (Å²) in [4.78, 5) is 16.9. The van der Waals surface area contributed by atoms with Crippen LogP contribution in [0.1, 0.15) is 27.9 Å². The molecule has 1 heterocycles. The maximum absolute atomic E-state index is 13.2. The summed E-state index contributed by atoms with van der Waals surface area (Å²) in [5.74, 6) is 0.0729. The van der Waals surface area contributed by atoms with E-state index in [2.05, 4.69) is 0 Å². The summed E-state index contributed by atoms with van der Waals surface area (Å²) < 4.78 is 24.0. The Labute approximate surface area is 161 Å². The molecule has 1 amide bonds.